The first-order chi connectivity index (χ1) is 5.24. The van der Waals surface area contributed by atoms with Gasteiger partial charge >= 0.3 is 12.1 Å². The first-order valence-electron chi connectivity index (χ1n) is 2.77. The number of azide groups is 1. The van der Waals surface area contributed by atoms with Crippen LogP contribution in [0.3, 0.4) is 0 Å². The highest BCUT2D eigenvalue weighted by molar-refractivity contribution is 5.95. The minimum Gasteiger partial charge on any atom is -0.375 e. The topological polar surface area (TPSA) is 104 Å². The monoisotopic (exact) mass is 156 g/mol. The third-order valence-corrected chi connectivity index (χ3v) is 1.10. The van der Waals surface area contributed by atoms with E-state index in [1.807, 2.05) is 0 Å². The number of alkyl carbamates (subject to hydrolysis) is 1. The van der Waals surface area contributed by atoms with Gasteiger partial charge in [0.1, 0.15) is 6.04 Å². The van der Waals surface area contributed by atoms with E-state index in [1.165, 1.54) is 0 Å². The first-order valence-corrected chi connectivity index (χ1v) is 2.77. The first kappa shape index (κ1) is 7.36. The molecule has 1 aliphatic heterocycles. The molecule has 1 atom stereocenters. The van der Waals surface area contributed by atoms with E-state index in [2.05, 4.69) is 20.1 Å². The van der Waals surface area contributed by atoms with Crippen LogP contribution in [0.1, 0.15) is 0 Å². The number of ether oxygens (including phenoxy) is 1. The van der Waals surface area contributed by atoms with Gasteiger partial charge in [-0.05, 0) is 5.53 Å². The maximum absolute atomic E-state index is 10.6. The molecule has 11 heavy (non-hydrogen) atoms. The van der Waals surface area contributed by atoms with Crippen molar-refractivity contribution in [1.82, 2.24) is 5.32 Å². The number of nitrogens with one attached hydrogen (secondary N) is 1. The number of esters is 1. The zero-order chi connectivity index (χ0) is 8.27. The van der Waals surface area contributed by atoms with Gasteiger partial charge in [-0.1, -0.05) is 5.11 Å². The predicted octanol–water partition coefficient (Wildman–Crippen LogP) is -0.0683. The van der Waals surface area contributed by atoms with Crippen LogP contribution in [0.5, 0.6) is 0 Å². The molecule has 1 N–H and O–H groups in total. The number of amides is 1. The standard InChI is InChI=1S/C4H4N4O3/c5-8-6-1-2-3(9)11-4(10)7-2/h2H,1H2,(H,7,10). The van der Waals surface area contributed by atoms with Gasteiger partial charge in [0.25, 0.3) is 0 Å². The molecular formula is C4H4N4O3. The van der Waals surface area contributed by atoms with Crippen LogP contribution in [0.15, 0.2) is 5.11 Å². The van der Waals surface area contributed by atoms with Gasteiger partial charge in [-0.3, -0.25) is 0 Å². The second-order valence-corrected chi connectivity index (χ2v) is 1.82. The van der Waals surface area contributed by atoms with E-state index in [-0.39, 0.29) is 6.54 Å². The number of hydrogen-bond donors (Lipinski definition) is 1. The Balaban J connectivity index is 2.53. The van der Waals surface area contributed by atoms with Gasteiger partial charge in [0, 0.05) is 4.91 Å². The number of rotatable bonds is 2. The van der Waals surface area contributed by atoms with Crippen LogP contribution < -0.4 is 5.32 Å². The van der Waals surface area contributed by atoms with E-state index < -0.39 is 18.1 Å². The highest BCUT2D eigenvalue weighted by Gasteiger charge is 2.31. The molecule has 58 valence electrons. The van der Waals surface area contributed by atoms with Crippen molar-refractivity contribution in [3.05, 3.63) is 10.4 Å². The van der Waals surface area contributed by atoms with Crippen molar-refractivity contribution in [2.75, 3.05) is 6.54 Å². The summed E-state index contributed by atoms with van der Waals surface area (Å²) in [6.45, 7) is -0.110. The quantitative estimate of drug-likeness (QED) is 0.199. The molecule has 1 saturated heterocycles. The Morgan fingerprint density at radius 2 is 2.45 bits per heavy atom. The molecule has 0 aromatic heterocycles. The van der Waals surface area contributed by atoms with E-state index in [0.717, 1.165) is 0 Å². The molecule has 0 spiro atoms. The molecule has 1 unspecified atom stereocenters. The Kier molecular flexibility index (Phi) is 1.93. The van der Waals surface area contributed by atoms with Gasteiger partial charge in [-0.15, -0.1) is 0 Å². The molecule has 7 heteroatoms. The lowest BCUT2D eigenvalue weighted by molar-refractivity contribution is -0.135. The molecule has 0 radical (unpaired) electrons. The number of cyclic esters (lactones) is 2. The summed E-state index contributed by atoms with van der Waals surface area (Å²) in [6, 6.07) is -0.821. The second kappa shape index (κ2) is 2.89. The summed E-state index contributed by atoms with van der Waals surface area (Å²) in [5.74, 6) is -0.706. The molecular weight excluding hydrogens is 152 g/mol. The largest absolute Gasteiger partial charge is 0.415 e. The van der Waals surface area contributed by atoms with E-state index in [1.54, 1.807) is 0 Å². The van der Waals surface area contributed by atoms with E-state index in [0.29, 0.717) is 0 Å². The number of carbonyl (C=O) groups is 2. The van der Waals surface area contributed by atoms with Crippen molar-refractivity contribution < 1.29 is 14.3 Å². The predicted molar refractivity (Wildman–Crippen MR) is 32.4 cm³/mol. The third-order valence-electron chi connectivity index (χ3n) is 1.10. The number of hydrogen-bond acceptors (Lipinski definition) is 4. The summed E-state index contributed by atoms with van der Waals surface area (Å²) in [7, 11) is 0. The van der Waals surface area contributed by atoms with Crippen LogP contribution in [0, 0.1) is 0 Å². The average molecular weight is 156 g/mol. The molecule has 1 fully saturated rings. The molecule has 1 amide bonds. The average Bonchev–Trinajstić information content (AvgIpc) is 2.26. The molecule has 0 aromatic carbocycles. The maximum Gasteiger partial charge on any atom is 0.415 e. The van der Waals surface area contributed by atoms with Crippen LogP contribution in [0.25, 0.3) is 10.4 Å². The van der Waals surface area contributed by atoms with Gasteiger partial charge in [0.2, 0.25) is 0 Å². The zero-order valence-electron chi connectivity index (χ0n) is 5.35. The Bertz CT molecular complexity index is 244. The molecule has 1 rings (SSSR count). The van der Waals surface area contributed by atoms with E-state index >= 15 is 0 Å². The second-order valence-electron chi connectivity index (χ2n) is 1.82. The summed E-state index contributed by atoms with van der Waals surface area (Å²) in [5, 5.41) is 5.27. The minimum absolute atomic E-state index is 0.110. The Morgan fingerprint density at radius 3 is 2.91 bits per heavy atom. The number of carbonyl (C=O) groups excluding carboxylic acids is 2. The van der Waals surface area contributed by atoms with Crippen molar-refractivity contribution >= 4 is 12.1 Å². The summed E-state index contributed by atoms with van der Waals surface area (Å²) in [6.07, 6.45) is -0.798. The molecule has 0 bridgehead atoms. The van der Waals surface area contributed by atoms with Gasteiger partial charge in [0.05, 0.1) is 6.54 Å². The van der Waals surface area contributed by atoms with Gasteiger partial charge < -0.3 is 10.1 Å². The van der Waals surface area contributed by atoms with Crippen LogP contribution in [-0.4, -0.2) is 24.6 Å². The van der Waals surface area contributed by atoms with Crippen LogP contribution in [0.4, 0.5) is 4.79 Å². The van der Waals surface area contributed by atoms with Gasteiger partial charge in [-0.2, -0.15) is 0 Å². The third kappa shape index (κ3) is 1.59. The fourth-order valence-electron chi connectivity index (χ4n) is 0.631. The Hall–Kier alpha value is -1.75. The summed E-state index contributed by atoms with van der Waals surface area (Å²) >= 11 is 0. The zero-order valence-corrected chi connectivity index (χ0v) is 5.35. The SMILES string of the molecule is [N-]=[N+]=NCC1NC(=O)OC1=O. The maximum atomic E-state index is 10.6. The van der Waals surface area contributed by atoms with Crippen molar-refractivity contribution in [3.63, 3.8) is 0 Å². The lowest BCUT2D eigenvalue weighted by atomic mass is 10.3. The summed E-state index contributed by atoms with van der Waals surface area (Å²) in [4.78, 5) is 23.4. The minimum atomic E-state index is -0.821. The molecule has 7 nitrogen and oxygen atoms in total. The van der Waals surface area contributed by atoms with Gasteiger partial charge in [-0.25, -0.2) is 9.59 Å². The van der Waals surface area contributed by atoms with Crippen molar-refractivity contribution in [1.29, 1.82) is 0 Å². The molecule has 0 aliphatic carbocycles. The number of nitrogens with zero attached hydrogens (tertiary/aromatic N) is 3. The molecule has 0 saturated carbocycles. The van der Waals surface area contributed by atoms with Gasteiger partial charge in [0.15, 0.2) is 0 Å². The molecule has 1 aliphatic rings. The molecule has 0 aromatic rings. The lowest BCUT2D eigenvalue weighted by Gasteiger charge is -1.96. The highest BCUT2D eigenvalue weighted by atomic mass is 16.6. The van der Waals surface area contributed by atoms with Crippen LogP contribution in [-0.2, 0) is 9.53 Å². The van der Waals surface area contributed by atoms with Crippen molar-refractivity contribution in [2.24, 2.45) is 5.11 Å². The lowest BCUT2D eigenvalue weighted by Crippen LogP contribution is -2.31. The van der Waals surface area contributed by atoms with Crippen molar-refractivity contribution in [3.8, 4) is 0 Å². The smallest absolute Gasteiger partial charge is 0.375 e. The van der Waals surface area contributed by atoms with E-state index in [4.69, 9.17) is 5.53 Å². The van der Waals surface area contributed by atoms with Crippen LogP contribution >= 0.6 is 0 Å². The Labute approximate surface area is 60.9 Å². The Morgan fingerprint density at radius 1 is 1.73 bits per heavy atom. The molecule has 1 heterocycles. The summed E-state index contributed by atoms with van der Waals surface area (Å²) < 4.78 is 4.10. The van der Waals surface area contributed by atoms with Crippen LogP contribution in [0.2, 0.25) is 0 Å². The van der Waals surface area contributed by atoms with Crippen molar-refractivity contribution in [2.45, 2.75) is 6.04 Å². The highest BCUT2D eigenvalue weighted by Crippen LogP contribution is 1.99. The van der Waals surface area contributed by atoms with E-state index in [9.17, 15) is 9.59 Å². The fraction of sp³-hybridized carbons (Fsp3) is 0.500. The summed E-state index contributed by atoms with van der Waals surface area (Å²) in [5.41, 5.74) is 7.87. The fourth-order valence-corrected chi connectivity index (χ4v) is 0.631. The normalized spacial score (nSPS) is 22.0.